The van der Waals surface area contributed by atoms with Crippen LogP contribution >= 0.6 is 22.9 Å². The van der Waals surface area contributed by atoms with Crippen LogP contribution in [0.25, 0.3) is 6.08 Å². The summed E-state index contributed by atoms with van der Waals surface area (Å²) in [6.07, 6.45) is 1.75. The van der Waals surface area contributed by atoms with Crippen LogP contribution in [0.2, 0.25) is 5.02 Å². The van der Waals surface area contributed by atoms with Gasteiger partial charge in [0, 0.05) is 11.9 Å². The normalized spacial score (nSPS) is 15.2. The van der Waals surface area contributed by atoms with Crippen molar-refractivity contribution in [1.29, 1.82) is 0 Å². The average molecular weight is 569 g/mol. The lowest BCUT2D eigenvalue weighted by molar-refractivity contribution is -0.140. The van der Waals surface area contributed by atoms with E-state index < -0.39 is 18.0 Å². The summed E-state index contributed by atoms with van der Waals surface area (Å²) < 4.78 is 18.6. The molecule has 0 saturated heterocycles. The molecule has 1 atom stereocenters. The highest BCUT2D eigenvalue weighted by molar-refractivity contribution is 7.07. The van der Waals surface area contributed by atoms with Crippen molar-refractivity contribution in [2.45, 2.75) is 40.7 Å². The third-order valence-electron chi connectivity index (χ3n) is 5.77. The maximum Gasteiger partial charge on any atom is 0.338 e. The molecule has 3 aromatic rings. The molecule has 0 amide bonds. The summed E-state index contributed by atoms with van der Waals surface area (Å²) in [5, 5.41) is 0.553. The third-order valence-corrected chi connectivity index (χ3v) is 6.99. The molecular weight excluding hydrogens is 540 g/mol. The monoisotopic (exact) mass is 568 g/mol. The highest BCUT2D eigenvalue weighted by atomic mass is 35.5. The van der Waals surface area contributed by atoms with E-state index in [9.17, 15) is 14.4 Å². The standard InChI is InChI=1S/C29H29ClN2O6S/c1-6-36-23-14-20(10-11-22(23)38-18(5)33)26-25(28(35)37-15-16(2)3)17(4)31-29-32(26)27(34)24(39-29)13-19-8-7-9-21(30)12-19/h7-14,16,26H,6,15H2,1-5H3/b24-13+/t26-/m1/s1. The quantitative estimate of drug-likeness (QED) is 0.295. The fraction of sp³-hybridized carbons (Fsp3) is 0.310. The van der Waals surface area contributed by atoms with Gasteiger partial charge in [0.25, 0.3) is 5.56 Å². The van der Waals surface area contributed by atoms with E-state index in [1.165, 1.54) is 22.8 Å². The van der Waals surface area contributed by atoms with E-state index >= 15 is 0 Å². The topological polar surface area (TPSA) is 96.2 Å². The number of rotatable bonds is 8. The Morgan fingerprint density at radius 2 is 1.95 bits per heavy atom. The average Bonchev–Trinajstić information content (AvgIpc) is 3.16. The first-order valence-corrected chi connectivity index (χ1v) is 13.7. The molecule has 0 bridgehead atoms. The number of halogens is 1. The minimum absolute atomic E-state index is 0.125. The summed E-state index contributed by atoms with van der Waals surface area (Å²) in [5.74, 6) is -0.367. The van der Waals surface area contributed by atoms with Crippen molar-refractivity contribution in [2.75, 3.05) is 13.2 Å². The van der Waals surface area contributed by atoms with Gasteiger partial charge in [0.2, 0.25) is 0 Å². The Hall–Kier alpha value is -3.69. The number of carbonyl (C=O) groups excluding carboxylic acids is 2. The number of ether oxygens (including phenoxy) is 3. The van der Waals surface area contributed by atoms with E-state index in [-0.39, 0.29) is 29.4 Å². The second kappa shape index (κ2) is 12.0. The number of allylic oxidation sites excluding steroid dienone is 1. The number of fused-ring (bicyclic) bond motifs is 1. The van der Waals surface area contributed by atoms with Crippen molar-refractivity contribution in [1.82, 2.24) is 4.57 Å². The number of carbonyl (C=O) groups is 2. The molecule has 0 unspecified atom stereocenters. The Bertz CT molecular complexity index is 1640. The fourth-order valence-corrected chi connectivity index (χ4v) is 5.41. The first-order chi connectivity index (χ1) is 18.6. The van der Waals surface area contributed by atoms with Gasteiger partial charge in [-0.05, 0) is 61.2 Å². The van der Waals surface area contributed by atoms with Gasteiger partial charge in [-0.15, -0.1) is 0 Å². The number of thiazole rings is 1. The summed E-state index contributed by atoms with van der Waals surface area (Å²) in [6, 6.07) is 11.3. The molecule has 2 heterocycles. The number of aromatic nitrogens is 1. The van der Waals surface area contributed by atoms with Crippen LogP contribution in [-0.2, 0) is 14.3 Å². The summed E-state index contributed by atoms with van der Waals surface area (Å²) in [4.78, 5) is 43.9. The van der Waals surface area contributed by atoms with Gasteiger partial charge in [0.15, 0.2) is 16.3 Å². The van der Waals surface area contributed by atoms with Crippen molar-refractivity contribution in [2.24, 2.45) is 10.9 Å². The zero-order chi connectivity index (χ0) is 28.3. The molecule has 1 aromatic heterocycles. The summed E-state index contributed by atoms with van der Waals surface area (Å²) in [6.45, 7) is 9.26. The molecule has 1 aliphatic rings. The lowest BCUT2D eigenvalue weighted by Crippen LogP contribution is -2.40. The summed E-state index contributed by atoms with van der Waals surface area (Å²) in [5.41, 5.74) is 1.73. The van der Waals surface area contributed by atoms with Gasteiger partial charge in [-0.25, -0.2) is 9.79 Å². The van der Waals surface area contributed by atoms with E-state index in [2.05, 4.69) is 4.99 Å². The molecular formula is C29H29ClN2O6S. The van der Waals surface area contributed by atoms with Crippen molar-refractivity contribution < 1.29 is 23.8 Å². The first-order valence-electron chi connectivity index (χ1n) is 12.5. The SMILES string of the molecule is CCOc1cc([C@@H]2C(C(=O)OCC(C)C)=C(C)N=c3s/c(=C/c4cccc(Cl)c4)c(=O)n32)ccc1OC(C)=O. The molecule has 1 aliphatic heterocycles. The molecule has 4 rings (SSSR count). The predicted molar refractivity (Wildman–Crippen MR) is 150 cm³/mol. The molecule has 0 radical (unpaired) electrons. The zero-order valence-electron chi connectivity index (χ0n) is 22.3. The molecule has 0 saturated carbocycles. The molecule has 8 nitrogen and oxygen atoms in total. The minimum Gasteiger partial charge on any atom is -0.490 e. The Balaban J connectivity index is 1.93. The van der Waals surface area contributed by atoms with Crippen molar-refractivity contribution in [3.63, 3.8) is 0 Å². The van der Waals surface area contributed by atoms with Gasteiger partial charge < -0.3 is 14.2 Å². The molecule has 0 fully saturated rings. The third kappa shape index (κ3) is 6.32. The van der Waals surface area contributed by atoms with E-state index in [1.54, 1.807) is 49.4 Å². The van der Waals surface area contributed by atoms with Crippen LogP contribution in [0.1, 0.15) is 51.8 Å². The Kier molecular flexibility index (Phi) is 8.72. The first kappa shape index (κ1) is 28.3. The molecule has 204 valence electrons. The lowest BCUT2D eigenvalue weighted by atomic mass is 9.95. The van der Waals surface area contributed by atoms with Crippen LogP contribution in [0, 0.1) is 5.92 Å². The maximum absolute atomic E-state index is 13.8. The fourth-order valence-electron chi connectivity index (χ4n) is 4.17. The molecule has 0 aliphatic carbocycles. The summed E-state index contributed by atoms with van der Waals surface area (Å²) >= 11 is 7.37. The Labute approximate surface area is 234 Å². The highest BCUT2D eigenvalue weighted by Gasteiger charge is 2.34. The van der Waals surface area contributed by atoms with Gasteiger partial charge in [0.05, 0.1) is 35.1 Å². The van der Waals surface area contributed by atoms with Crippen LogP contribution in [-0.4, -0.2) is 29.7 Å². The number of hydrogen-bond acceptors (Lipinski definition) is 8. The molecule has 2 aromatic carbocycles. The van der Waals surface area contributed by atoms with Gasteiger partial charge in [-0.2, -0.15) is 0 Å². The van der Waals surface area contributed by atoms with Crippen molar-refractivity contribution >= 4 is 41.0 Å². The van der Waals surface area contributed by atoms with Gasteiger partial charge in [0.1, 0.15) is 0 Å². The maximum atomic E-state index is 13.8. The van der Waals surface area contributed by atoms with Crippen LogP contribution in [0.3, 0.4) is 0 Å². The van der Waals surface area contributed by atoms with Crippen molar-refractivity contribution in [3.8, 4) is 11.5 Å². The smallest absolute Gasteiger partial charge is 0.338 e. The number of benzene rings is 2. The number of hydrogen-bond donors (Lipinski definition) is 0. The second-order valence-corrected chi connectivity index (χ2v) is 10.8. The largest absolute Gasteiger partial charge is 0.490 e. The van der Waals surface area contributed by atoms with Gasteiger partial charge in [-0.1, -0.05) is 55.0 Å². The van der Waals surface area contributed by atoms with Crippen LogP contribution in [0.15, 0.2) is 63.5 Å². The summed E-state index contributed by atoms with van der Waals surface area (Å²) in [7, 11) is 0. The Morgan fingerprint density at radius 1 is 1.18 bits per heavy atom. The number of esters is 2. The molecule has 0 N–H and O–H groups in total. The second-order valence-electron chi connectivity index (χ2n) is 9.36. The number of nitrogens with zero attached hydrogens (tertiary/aromatic N) is 2. The van der Waals surface area contributed by atoms with E-state index in [4.69, 9.17) is 25.8 Å². The van der Waals surface area contributed by atoms with Crippen molar-refractivity contribution in [3.05, 3.63) is 89.6 Å². The van der Waals surface area contributed by atoms with E-state index in [0.29, 0.717) is 38.0 Å². The van der Waals surface area contributed by atoms with Crippen LogP contribution in [0.4, 0.5) is 0 Å². The Morgan fingerprint density at radius 3 is 2.62 bits per heavy atom. The highest BCUT2D eigenvalue weighted by Crippen LogP contribution is 2.36. The van der Waals surface area contributed by atoms with E-state index in [0.717, 1.165) is 5.56 Å². The van der Waals surface area contributed by atoms with Crippen LogP contribution in [0.5, 0.6) is 11.5 Å². The van der Waals surface area contributed by atoms with Crippen LogP contribution < -0.4 is 24.4 Å². The molecule has 0 spiro atoms. The molecule has 39 heavy (non-hydrogen) atoms. The zero-order valence-corrected chi connectivity index (χ0v) is 23.9. The lowest BCUT2D eigenvalue weighted by Gasteiger charge is -2.25. The predicted octanol–water partition coefficient (Wildman–Crippen LogP) is 4.41. The van der Waals surface area contributed by atoms with Gasteiger partial charge in [-0.3, -0.25) is 14.2 Å². The van der Waals surface area contributed by atoms with Gasteiger partial charge >= 0.3 is 11.9 Å². The molecule has 10 heteroatoms. The van der Waals surface area contributed by atoms with E-state index in [1.807, 2.05) is 26.8 Å². The minimum atomic E-state index is -0.840.